The zero-order valence-corrected chi connectivity index (χ0v) is 11.8. The largest absolute Gasteiger partial charge is 0.488 e. The van der Waals surface area contributed by atoms with E-state index in [0.717, 1.165) is 9.10 Å². The number of benzene rings is 1. The Balaban J connectivity index is 2.29. The number of halogens is 1. The van der Waals surface area contributed by atoms with Gasteiger partial charge in [0.1, 0.15) is 0 Å². The molecule has 5 heteroatoms. The minimum absolute atomic E-state index is 0.0669. The van der Waals surface area contributed by atoms with Gasteiger partial charge in [0, 0.05) is 16.6 Å². The average Bonchev–Trinajstić information content (AvgIpc) is 2.77. The van der Waals surface area contributed by atoms with Gasteiger partial charge in [0.05, 0.1) is 10.3 Å². The average molecular weight is 283 g/mol. The lowest BCUT2D eigenvalue weighted by molar-refractivity contribution is 0.230. The van der Waals surface area contributed by atoms with Crippen molar-refractivity contribution in [1.82, 2.24) is 0 Å². The molecule has 2 aromatic rings. The third kappa shape index (κ3) is 3.17. The molecule has 0 aliphatic carbocycles. The number of nitrogens with two attached hydrogens (primary N) is 1. The molecule has 1 heterocycles. The van der Waals surface area contributed by atoms with Crippen LogP contribution >= 0.6 is 23.1 Å². The van der Waals surface area contributed by atoms with E-state index in [0.29, 0.717) is 5.69 Å². The van der Waals surface area contributed by atoms with E-state index in [1.54, 1.807) is 17.4 Å². The Morgan fingerprint density at radius 2 is 2.17 bits per heavy atom. The van der Waals surface area contributed by atoms with E-state index in [1.165, 1.54) is 17.8 Å². The van der Waals surface area contributed by atoms with Crippen molar-refractivity contribution in [3.05, 3.63) is 35.5 Å². The fraction of sp³-hybridized carbons (Fsp3) is 0.231. The Labute approximate surface area is 114 Å². The van der Waals surface area contributed by atoms with Gasteiger partial charge in [-0.3, -0.25) is 0 Å². The summed E-state index contributed by atoms with van der Waals surface area (Å²) in [4.78, 5) is 0.814. The minimum atomic E-state index is -0.420. The Hall–Kier alpha value is -1.20. The Bertz CT molecular complexity index is 526. The first-order valence-electron chi connectivity index (χ1n) is 5.53. The number of hydrogen-bond acceptors (Lipinski definition) is 4. The van der Waals surface area contributed by atoms with E-state index < -0.39 is 5.82 Å². The lowest BCUT2D eigenvalue weighted by Crippen LogP contribution is -2.07. The summed E-state index contributed by atoms with van der Waals surface area (Å²) in [5.74, 6) is -0.171. The van der Waals surface area contributed by atoms with E-state index in [4.69, 9.17) is 10.5 Å². The second-order valence-corrected chi connectivity index (χ2v) is 6.31. The third-order valence-electron chi connectivity index (χ3n) is 2.13. The molecule has 1 aromatic carbocycles. The van der Waals surface area contributed by atoms with Crippen LogP contribution in [-0.4, -0.2) is 6.10 Å². The lowest BCUT2D eigenvalue weighted by Gasteiger charge is -2.13. The molecule has 0 unspecified atom stereocenters. The van der Waals surface area contributed by atoms with E-state index in [1.807, 2.05) is 31.4 Å². The molecule has 0 saturated carbocycles. The molecule has 1 aromatic heterocycles. The molecule has 0 aliphatic rings. The molecule has 0 saturated heterocycles. The van der Waals surface area contributed by atoms with Gasteiger partial charge in [-0.25, -0.2) is 4.39 Å². The first kappa shape index (κ1) is 13.2. The van der Waals surface area contributed by atoms with Crippen LogP contribution in [0.5, 0.6) is 5.75 Å². The van der Waals surface area contributed by atoms with Crippen molar-refractivity contribution in [2.45, 2.75) is 29.1 Å². The summed E-state index contributed by atoms with van der Waals surface area (Å²) in [6, 6.07) is 6.95. The molecule has 0 fully saturated rings. The van der Waals surface area contributed by atoms with Gasteiger partial charge in [0.2, 0.25) is 0 Å². The number of anilines is 1. The molecule has 2 rings (SSSR count). The lowest BCUT2D eigenvalue weighted by atomic mass is 10.3. The predicted molar refractivity (Wildman–Crippen MR) is 75.0 cm³/mol. The van der Waals surface area contributed by atoms with Crippen LogP contribution in [0.25, 0.3) is 0 Å². The van der Waals surface area contributed by atoms with Crippen LogP contribution in [0.3, 0.4) is 0 Å². The molecule has 96 valence electrons. The van der Waals surface area contributed by atoms with Crippen LogP contribution in [0.2, 0.25) is 0 Å². The first-order chi connectivity index (χ1) is 8.56. The smallest absolute Gasteiger partial charge is 0.167 e. The molecular weight excluding hydrogens is 269 g/mol. The maximum Gasteiger partial charge on any atom is 0.167 e. The van der Waals surface area contributed by atoms with E-state index in [-0.39, 0.29) is 11.9 Å². The van der Waals surface area contributed by atoms with Gasteiger partial charge in [-0.2, -0.15) is 0 Å². The molecule has 0 radical (unpaired) electrons. The molecule has 2 N–H and O–H groups in total. The van der Waals surface area contributed by atoms with Crippen molar-refractivity contribution in [3.8, 4) is 5.75 Å². The second kappa shape index (κ2) is 5.63. The topological polar surface area (TPSA) is 35.2 Å². The van der Waals surface area contributed by atoms with Gasteiger partial charge in [-0.1, -0.05) is 17.8 Å². The number of thiophene rings is 1. The highest BCUT2D eigenvalue weighted by Gasteiger charge is 2.12. The maximum absolute atomic E-state index is 13.7. The van der Waals surface area contributed by atoms with Crippen LogP contribution < -0.4 is 10.5 Å². The summed E-state index contributed by atoms with van der Waals surface area (Å²) in [5.41, 5.74) is 6.26. The van der Waals surface area contributed by atoms with Crippen molar-refractivity contribution in [2.24, 2.45) is 0 Å². The zero-order valence-electron chi connectivity index (χ0n) is 10.1. The van der Waals surface area contributed by atoms with Gasteiger partial charge in [0.25, 0.3) is 0 Å². The fourth-order valence-corrected chi connectivity index (χ4v) is 3.20. The summed E-state index contributed by atoms with van der Waals surface area (Å²) in [7, 11) is 0. The Morgan fingerprint density at radius 3 is 2.78 bits per heavy atom. The van der Waals surface area contributed by atoms with Gasteiger partial charge >= 0.3 is 0 Å². The molecular formula is C13H14FNOS2. The van der Waals surface area contributed by atoms with Crippen molar-refractivity contribution in [2.75, 3.05) is 5.73 Å². The molecule has 0 amide bonds. The predicted octanol–water partition coefficient (Wildman–Crippen LogP) is 4.41. The molecule has 0 aliphatic heterocycles. The summed E-state index contributed by atoms with van der Waals surface area (Å²) in [5, 5.41) is 1.99. The molecule has 18 heavy (non-hydrogen) atoms. The standard InChI is InChI=1S/C13H14FNOS2/c1-8(2)16-11-7-12(10(15)6-9(11)14)18-13-4-3-5-17-13/h3-8H,15H2,1-2H3. The molecule has 2 nitrogen and oxygen atoms in total. The van der Waals surface area contributed by atoms with E-state index in [2.05, 4.69) is 0 Å². The summed E-state index contributed by atoms with van der Waals surface area (Å²) in [6.45, 7) is 3.73. The van der Waals surface area contributed by atoms with Crippen molar-refractivity contribution in [3.63, 3.8) is 0 Å². The number of hydrogen-bond donors (Lipinski definition) is 1. The van der Waals surface area contributed by atoms with Crippen molar-refractivity contribution >= 4 is 28.8 Å². The van der Waals surface area contributed by atoms with Gasteiger partial charge in [-0.15, -0.1) is 11.3 Å². The summed E-state index contributed by atoms with van der Waals surface area (Å²) < 4.78 is 20.2. The fourth-order valence-electron chi connectivity index (χ4n) is 1.41. The minimum Gasteiger partial charge on any atom is -0.488 e. The highest BCUT2D eigenvalue weighted by molar-refractivity contribution is 8.01. The highest BCUT2D eigenvalue weighted by Crippen LogP contribution is 2.38. The van der Waals surface area contributed by atoms with Gasteiger partial charge in [-0.05, 0) is 31.4 Å². The van der Waals surface area contributed by atoms with Crippen molar-refractivity contribution < 1.29 is 9.13 Å². The van der Waals surface area contributed by atoms with Crippen LogP contribution in [0.15, 0.2) is 38.8 Å². The quantitative estimate of drug-likeness (QED) is 0.844. The van der Waals surface area contributed by atoms with Crippen LogP contribution in [0.4, 0.5) is 10.1 Å². The molecule has 0 atom stereocenters. The Morgan fingerprint density at radius 1 is 1.39 bits per heavy atom. The van der Waals surface area contributed by atoms with Gasteiger partial charge in [0.15, 0.2) is 11.6 Å². The normalized spacial score (nSPS) is 10.9. The summed E-state index contributed by atoms with van der Waals surface area (Å²) in [6.07, 6.45) is -0.0669. The maximum atomic E-state index is 13.7. The zero-order chi connectivity index (χ0) is 13.1. The van der Waals surface area contributed by atoms with Crippen molar-refractivity contribution in [1.29, 1.82) is 0 Å². The first-order valence-corrected chi connectivity index (χ1v) is 7.23. The highest BCUT2D eigenvalue weighted by atomic mass is 32.2. The van der Waals surface area contributed by atoms with Crippen LogP contribution in [-0.2, 0) is 0 Å². The Kier molecular flexibility index (Phi) is 4.14. The second-order valence-electron chi connectivity index (χ2n) is 4.02. The molecule has 0 spiro atoms. The van der Waals surface area contributed by atoms with Crippen LogP contribution in [0.1, 0.15) is 13.8 Å². The monoisotopic (exact) mass is 283 g/mol. The van der Waals surface area contributed by atoms with E-state index in [9.17, 15) is 4.39 Å². The molecule has 0 bridgehead atoms. The van der Waals surface area contributed by atoms with Crippen LogP contribution in [0, 0.1) is 5.82 Å². The number of rotatable bonds is 4. The number of nitrogen functional groups attached to an aromatic ring is 1. The summed E-state index contributed by atoms with van der Waals surface area (Å²) >= 11 is 3.14. The third-order valence-corrected chi connectivity index (χ3v) is 4.24. The SMILES string of the molecule is CC(C)Oc1cc(Sc2cccs2)c(N)cc1F. The number of ether oxygens (including phenoxy) is 1. The van der Waals surface area contributed by atoms with E-state index >= 15 is 0 Å². The van der Waals surface area contributed by atoms with Gasteiger partial charge < -0.3 is 10.5 Å².